The van der Waals surface area contributed by atoms with E-state index in [1.165, 1.54) is 11.0 Å². The Hall–Kier alpha value is -3.32. The number of benzene rings is 3. The Morgan fingerprint density at radius 2 is 1.67 bits per heavy atom. The SMILES string of the molecule is Cc1cccc(CS(=O)(=O)Nc2ccc3c(c2)C(=O)N(C)c2cc(C)ccc2O3)c1. The van der Waals surface area contributed by atoms with Gasteiger partial charge in [-0.1, -0.05) is 35.9 Å². The van der Waals surface area contributed by atoms with E-state index >= 15 is 0 Å². The summed E-state index contributed by atoms with van der Waals surface area (Å²) in [4.78, 5) is 14.5. The third kappa shape index (κ3) is 4.02. The van der Waals surface area contributed by atoms with Crippen molar-refractivity contribution in [2.75, 3.05) is 16.7 Å². The largest absolute Gasteiger partial charge is 0.454 e. The summed E-state index contributed by atoms with van der Waals surface area (Å²) in [6.07, 6.45) is 0. The van der Waals surface area contributed by atoms with E-state index in [2.05, 4.69) is 4.72 Å². The summed E-state index contributed by atoms with van der Waals surface area (Å²) < 4.78 is 33.8. The molecule has 0 radical (unpaired) electrons. The van der Waals surface area contributed by atoms with Gasteiger partial charge in [0.2, 0.25) is 10.0 Å². The van der Waals surface area contributed by atoms with Gasteiger partial charge in [0, 0.05) is 12.7 Å². The van der Waals surface area contributed by atoms with E-state index in [9.17, 15) is 13.2 Å². The van der Waals surface area contributed by atoms with Crippen molar-refractivity contribution in [2.45, 2.75) is 19.6 Å². The molecule has 6 nitrogen and oxygen atoms in total. The molecule has 3 aromatic carbocycles. The van der Waals surface area contributed by atoms with Gasteiger partial charge in [-0.2, -0.15) is 0 Å². The second kappa shape index (κ2) is 7.50. The zero-order valence-corrected chi connectivity index (χ0v) is 17.8. The van der Waals surface area contributed by atoms with Gasteiger partial charge >= 0.3 is 0 Å². The van der Waals surface area contributed by atoms with Gasteiger partial charge < -0.3 is 9.64 Å². The molecule has 4 rings (SSSR count). The van der Waals surface area contributed by atoms with Crippen LogP contribution in [0.5, 0.6) is 11.5 Å². The van der Waals surface area contributed by atoms with E-state index in [4.69, 9.17) is 4.74 Å². The van der Waals surface area contributed by atoms with Crippen molar-refractivity contribution >= 4 is 27.3 Å². The number of nitrogens with one attached hydrogen (secondary N) is 1. The molecule has 0 unspecified atom stereocenters. The monoisotopic (exact) mass is 422 g/mol. The average Bonchev–Trinajstić information content (AvgIpc) is 2.77. The van der Waals surface area contributed by atoms with Gasteiger partial charge in [0.05, 0.1) is 17.0 Å². The third-order valence-corrected chi connectivity index (χ3v) is 6.18. The van der Waals surface area contributed by atoms with Crippen molar-refractivity contribution in [3.8, 4) is 11.5 Å². The van der Waals surface area contributed by atoms with Crippen molar-refractivity contribution in [3.63, 3.8) is 0 Å². The first-order valence-corrected chi connectivity index (χ1v) is 11.1. The summed E-state index contributed by atoms with van der Waals surface area (Å²) in [7, 11) is -1.97. The molecule has 0 bridgehead atoms. The molecule has 7 heteroatoms. The second-order valence-corrected chi connectivity index (χ2v) is 9.22. The summed E-state index contributed by atoms with van der Waals surface area (Å²) >= 11 is 0. The van der Waals surface area contributed by atoms with Crippen LogP contribution < -0.4 is 14.4 Å². The van der Waals surface area contributed by atoms with Crippen LogP contribution in [0.4, 0.5) is 11.4 Å². The van der Waals surface area contributed by atoms with E-state index in [1.54, 1.807) is 25.2 Å². The second-order valence-electron chi connectivity index (χ2n) is 7.50. The van der Waals surface area contributed by atoms with Crippen molar-refractivity contribution in [1.82, 2.24) is 0 Å². The number of carbonyl (C=O) groups is 1. The van der Waals surface area contributed by atoms with Crippen LogP contribution in [0.15, 0.2) is 60.7 Å². The number of sulfonamides is 1. The quantitative estimate of drug-likeness (QED) is 0.665. The van der Waals surface area contributed by atoms with Crippen LogP contribution in [0.2, 0.25) is 0 Å². The molecule has 154 valence electrons. The van der Waals surface area contributed by atoms with Gasteiger partial charge in [0.15, 0.2) is 5.75 Å². The lowest BCUT2D eigenvalue weighted by atomic mass is 10.1. The maximum absolute atomic E-state index is 13.0. The number of fused-ring (bicyclic) bond motifs is 2. The maximum atomic E-state index is 13.0. The molecule has 3 aromatic rings. The molecule has 0 saturated heterocycles. The van der Waals surface area contributed by atoms with Crippen molar-refractivity contribution in [3.05, 3.63) is 82.9 Å². The van der Waals surface area contributed by atoms with Crippen molar-refractivity contribution in [2.24, 2.45) is 0 Å². The number of hydrogen-bond donors (Lipinski definition) is 1. The molecule has 0 aromatic heterocycles. The Morgan fingerprint density at radius 3 is 2.43 bits per heavy atom. The molecule has 0 atom stereocenters. The first-order chi connectivity index (χ1) is 14.2. The predicted molar refractivity (Wildman–Crippen MR) is 118 cm³/mol. The van der Waals surface area contributed by atoms with Crippen LogP contribution in [0.3, 0.4) is 0 Å². The number of carbonyl (C=O) groups excluding carboxylic acids is 1. The fourth-order valence-electron chi connectivity index (χ4n) is 3.47. The molecule has 1 N–H and O–H groups in total. The molecule has 0 saturated carbocycles. The molecule has 1 amide bonds. The fraction of sp³-hybridized carbons (Fsp3) is 0.174. The van der Waals surface area contributed by atoms with Crippen LogP contribution in [-0.4, -0.2) is 21.4 Å². The van der Waals surface area contributed by atoms with Gasteiger partial charge in [-0.3, -0.25) is 9.52 Å². The van der Waals surface area contributed by atoms with E-state index in [0.717, 1.165) is 11.1 Å². The van der Waals surface area contributed by atoms with Gasteiger partial charge in [-0.05, 0) is 55.3 Å². The topological polar surface area (TPSA) is 75.7 Å². The fourth-order valence-corrected chi connectivity index (χ4v) is 4.65. The first kappa shape index (κ1) is 20.0. The lowest BCUT2D eigenvalue weighted by Crippen LogP contribution is -2.25. The zero-order chi connectivity index (χ0) is 21.5. The van der Waals surface area contributed by atoms with Crippen LogP contribution >= 0.6 is 0 Å². The molecular weight excluding hydrogens is 400 g/mol. The van der Waals surface area contributed by atoms with Gasteiger partial charge in [0.1, 0.15) is 5.75 Å². The van der Waals surface area contributed by atoms with Crippen molar-refractivity contribution < 1.29 is 17.9 Å². The molecule has 1 heterocycles. The lowest BCUT2D eigenvalue weighted by Gasteiger charge is -2.17. The Balaban J connectivity index is 1.63. The number of amides is 1. The van der Waals surface area contributed by atoms with Crippen LogP contribution in [0, 0.1) is 13.8 Å². The number of ether oxygens (including phenoxy) is 1. The highest BCUT2D eigenvalue weighted by atomic mass is 32.2. The lowest BCUT2D eigenvalue weighted by molar-refractivity contribution is 0.0993. The summed E-state index contributed by atoms with van der Waals surface area (Å²) in [5.74, 6) is 0.536. The Morgan fingerprint density at radius 1 is 0.933 bits per heavy atom. The van der Waals surface area contributed by atoms with E-state index in [-0.39, 0.29) is 11.7 Å². The van der Waals surface area contributed by atoms with Crippen LogP contribution in [0.1, 0.15) is 27.0 Å². The van der Waals surface area contributed by atoms with E-state index in [0.29, 0.717) is 34.0 Å². The van der Waals surface area contributed by atoms with Gasteiger partial charge in [-0.25, -0.2) is 8.42 Å². The number of hydrogen-bond acceptors (Lipinski definition) is 4. The molecule has 0 aliphatic carbocycles. The standard InChI is InChI=1S/C23H22N2O4S/c1-15-5-4-6-17(11-15)14-30(27,28)24-18-8-10-21-19(13-18)23(26)25(3)20-12-16(2)7-9-22(20)29-21/h4-13,24H,14H2,1-3H3. The highest BCUT2D eigenvalue weighted by Gasteiger charge is 2.26. The van der Waals surface area contributed by atoms with Gasteiger partial charge in [0.25, 0.3) is 5.91 Å². The molecule has 1 aliphatic heterocycles. The average molecular weight is 423 g/mol. The minimum atomic E-state index is -3.65. The summed E-state index contributed by atoms with van der Waals surface area (Å²) in [5.41, 5.74) is 3.97. The Labute approximate surface area is 176 Å². The molecule has 0 spiro atoms. The normalized spacial score (nSPS) is 13.2. The first-order valence-electron chi connectivity index (χ1n) is 9.48. The third-order valence-electron chi connectivity index (χ3n) is 4.92. The summed E-state index contributed by atoms with van der Waals surface area (Å²) in [6.45, 7) is 3.86. The number of anilines is 2. The van der Waals surface area contributed by atoms with Crippen LogP contribution in [0.25, 0.3) is 0 Å². The molecule has 30 heavy (non-hydrogen) atoms. The smallest absolute Gasteiger partial charge is 0.261 e. The minimum absolute atomic E-state index is 0.152. The Kier molecular flexibility index (Phi) is 4.99. The van der Waals surface area contributed by atoms with Crippen molar-refractivity contribution in [1.29, 1.82) is 0 Å². The maximum Gasteiger partial charge on any atom is 0.261 e. The molecular formula is C23H22N2O4S. The predicted octanol–water partition coefficient (Wildman–Crippen LogP) is 4.63. The van der Waals surface area contributed by atoms with E-state index < -0.39 is 10.0 Å². The van der Waals surface area contributed by atoms with Crippen LogP contribution in [-0.2, 0) is 15.8 Å². The number of rotatable bonds is 4. The molecule has 0 fully saturated rings. The highest BCUT2D eigenvalue weighted by molar-refractivity contribution is 7.91. The number of nitrogens with zero attached hydrogens (tertiary/aromatic N) is 1. The Bertz CT molecular complexity index is 1250. The van der Waals surface area contributed by atoms with E-state index in [1.807, 2.05) is 50.2 Å². The van der Waals surface area contributed by atoms with Gasteiger partial charge in [-0.15, -0.1) is 0 Å². The minimum Gasteiger partial charge on any atom is -0.454 e. The highest BCUT2D eigenvalue weighted by Crippen LogP contribution is 2.39. The summed E-state index contributed by atoms with van der Waals surface area (Å²) in [5, 5.41) is 0. The number of aryl methyl sites for hydroxylation is 2. The zero-order valence-electron chi connectivity index (χ0n) is 17.0. The summed E-state index contributed by atoms with van der Waals surface area (Å²) in [6, 6.07) is 17.7. The molecule has 1 aliphatic rings.